The zero-order valence-electron chi connectivity index (χ0n) is 17.2. The van der Waals surface area contributed by atoms with E-state index in [9.17, 15) is 0 Å². The highest BCUT2D eigenvalue weighted by Gasteiger charge is 2.27. The Hall–Kier alpha value is -0.600. The molecule has 0 bridgehead atoms. The molecule has 150 valence electrons. The van der Waals surface area contributed by atoms with Crippen LogP contribution in [0, 0.1) is 5.92 Å². The number of allylic oxidation sites excluding steroid dienone is 4. The summed E-state index contributed by atoms with van der Waals surface area (Å²) in [7, 11) is 0. The summed E-state index contributed by atoms with van der Waals surface area (Å²) in [5, 5.41) is 0. The fraction of sp³-hybridized carbons (Fsp3) is 0.833. The zero-order chi connectivity index (χ0) is 18.3. The zero-order valence-corrected chi connectivity index (χ0v) is 17.2. The van der Waals surface area contributed by atoms with Gasteiger partial charge in [0, 0.05) is 0 Å². The second kappa shape index (κ2) is 14.5. The van der Waals surface area contributed by atoms with E-state index in [0.717, 1.165) is 19.1 Å². The van der Waals surface area contributed by atoms with Gasteiger partial charge in [0.25, 0.3) is 0 Å². The van der Waals surface area contributed by atoms with E-state index in [-0.39, 0.29) is 0 Å². The molecule has 3 atom stereocenters. The van der Waals surface area contributed by atoms with Gasteiger partial charge in [0.15, 0.2) is 0 Å². The van der Waals surface area contributed by atoms with E-state index in [1.807, 2.05) is 0 Å². The maximum Gasteiger partial charge on any atom is 0.104 e. The molecule has 2 aliphatic rings. The topological polar surface area (TPSA) is 21.8 Å². The molecule has 1 saturated carbocycles. The molecule has 2 heteroatoms. The Kier molecular flexibility index (Phi) is 12.1. The van der Waals surface area contributed by atoms with Gasteiger partial charge in [-0.1, -0.05) is 82.6 Å². The van der Waals surface area contributed by atoms with Crippen LogP contribution < -0.4 is 0 Å². The molecule has 1 aliphatic carbocycles. The quantitative estimate of drug-likeness (QED) is 0.178. The first-order valence-corrected chi connectivity index (χ1v) is 11.4. The Morgan fingerprint density at radius 2 is 1.65 bits per heavy atom. The van der Waals surface area contributed by atoms with Gasteiger partial charge in [0.2, 0.25) is 0 Å². The highest BCUT2D eigenvalue weighted by molar-refractivity contribution is 5.02. The highest BCUT2D eigenvalue weighted by atomic mass is 16.6. The second-order valence-corrected chi connectivity index (χ2v) is 8.29. The summed E-state index contributed by atoms with van der Waals surface area (Å²) in [6.45, 7) is 4.01. The summed E-state index contributed by atoms with van der Waals surface area (Å²) in [5.41, 5.74) is 0. The van der Waals surface area contributed by atoms with Crippen LogP contribution in [0.5, 0.6) is 0 Å². The lowest BCUT2D eigenvalue weighted by molar-refractivity contribution is 0.00426. The predicted octanol–water partition coefficient (Wildman–Crippen LogP) is 6.99. The molecule has 2 nitrogen and oxygen atoms in total. The van der Waals surface area contributed by atoms with E-state index in [1.165, 1.54) is 89.9 Å². The average molecular weight is 363 g/mol. The van der Waals surface area contributed by atoms with Crippen molar-refractivity contribution in [3.05, 3.63) is 24.3 Å². The number of hydrogen-bond donors (Lipinski definition) is 0. The van der Waals surface area contributed by atoms with Crippen LogP contribution in [-0.2, 0) is 9.47 Å². The molecule has 2 fully saturated rings. The van der Waals surface area contributed by atoms with Gasteiger partial charge in [-0.2, -0.15) is 0 Å². The second-order valence-electron chi connectivity index (χ2n) is 8.29. The minimum atomic E-state index is 0.418. The van der Waals surface area contributed by atoms with Crippen LogP contribution in [0.25, 0.3) is 0 Å². The molecule has 0 amide bonds. The normalized spacial score (nSPS) is 26.1. The van der Waals surface area contributed by atoms with Crippen LogP contribution in [0.15, 0.2) is 24.3 Å². The fourth-order valence-corrected chi connectivity index (χ4v) is 3.97. The Labute approximate surface area is 162 Å². The summed E-state index contributed by atoms with van der Waals surface area (Å²) < 4.78 is 11.3. The van der Waals surface area contributed by atoms with Gasteiger partial charge in [-0.25, -0.2) is 0 Å². The van der Waals surface area contributed by atoms with Crippen molar-refractivity contribution in [2.75, 3.05) is 13.2 Å². The Balaban J connectivity index is 1.38. The summed E-state index contributed by atoms with van der Waals surface area (Å²) in [6.07, 6.45) is 28.8. The summed E-state index contributed by atoms with van der Waals surface area (Å²) in [4.78, 5) is 0. The first kappa shape index (κ1) is 21.7. The molecule has 1 heterocycles. The summed E-state index contributed by atoms with van der Waals surface area (Å²) in [5.74, 6) is 0.909. The SMILES string of the molecule is CCCCCC=C/C=C/CCCCCCC1CCCC(OCC2CO2)C1. The Bertz CT molecular complexity index is 384. The molecule has 3 unspecified atom stereocenters. The molecule has 0 N–H and O–H groups in total. The maximum absolute atomic E-state index is 6.02. The third kappa shape index (κ3) is 11.2. The fourth-order valence-electron chi connectivity index (χ4n) is 3.97. The molecule has 2 rings (SSSR count). The predicted molar refractivity (Wildman–Crippen MR) is 112 cm³/mol. The van der Waals surface area contributed by atoms with Crippen LogP contribution in [0.3, 0.4) is 0 Å². The monoisotopic (exact) mass is 362 g/mol. The van der Waals surface area contributed by atoms with Gasteiger partial charge in [0.05, 0.1) is 19.3 Å². The Morgan fingerprint density at radius 3 is 2.38 bits per heavy atom. The average Bonchev–Trinajstić information content (AvgIpc) is 3.49. The molecule has 0 aromatic carbocycles. The van der Waals surface area contributed by atoms with E-state index in [2.05, 4.69) is 31.2 Å². The smallest absolute Gasteiger partial charge is 0.104 e. The molecule has 0 aromatic heterocycles. The highest BCUT2D eigenvalue weighted by Crippen LogP contribution is 2.30. The minimum Gasteiger partial charge on any atom is -0.375 e. The van der Waals surface area contributed by atoms with Crippen LogP contribution in [0.4, 0.5) is 0 Å². The van der Waals surface area contributed by atoms with Crippen molar-refractivity contribution in [2.24, 2.45) is 5.92 Å². The van der Waals surface area contributed by atoms with Crippen LogP contribution in [0.2, 0.25) is 0 Å². The summed E-state index contributed by atoms with van der Waals surface area (Å²) >= 11 is 0. The van der Waals surface area contributed by atoms with E-state index in [0.29, 0.717) is 12.2 Å². The molecule has 0 radical (unpaired) electrons. The Morgan fingerprint density at radius 1 is 0.923 bits per heavy atom. The van der Waals surface area contributed by atoms with Gasteiger partial charge in [-0.15, -0.1) is 0 Å². The molecular weight excluding hydrogens is 320 g/mol. The molecular formula is C24H42O2. The molecule has 0 aromatic rings. The van der Waals surface area contributed by atoms with E-state index in [4.69, 9.17) is 9.47 Å². The van der Waals surface area contributed by atoms with Gasteiger partial charge >= 0.3 is 0 Å². The number of ether oxygens (including phenoxy) is 2. The number of hydrogen-bond acceptors (Lipinski definition) is 2. The van der Waals surface area contributed by atoms with Crippen molar-refractivity contribution in [1.82, 2.24) is 0 Å². The third-order valence-electron chi connectivity index (χ3n) is 5.75. The lowest BCUT2D eigenvalue weighted by Crippen LogP contribution is -2.24. The molecule has 26 heavy (non-hydrogen) atoms. The van der Waals surface area contributed by atoms with Gasteiger partial charge < -0.3 is 9.47 Å². The molecule has 0 spiro atoms. The van der Waals surface area contributed by atoms with Crippen molar-refractivity contribution >= 4 is 0 Å². The standard InChI is InChI=1S/C24H42O2/c1-2-3-4-5-6-7-8-9-10-11-12-13-14-16-22-17-15-18-23(19-22)25-20-24-21-26-24/h6-9,22-24H,2-5,10-21H2,1H3/b7-6?,9-8+. The lowest BCUT2D eigenvalue weighted by atomic mass is 9.84. The number of rotatable bonds is 15. The number of unbranched alkanes of at least 4 members (excludes halogenated alkanes) is 7. The van der Waals surface area contributed by atoms with E-state index >= 15 is 0 Å². The molecule has 1 saturated heterocycles. The first-order chi connectivity index (χ1) is 12.9. The van der Waals surface area contributed by atoms with Crippen LogP contribution >= 0.6 is 0 Å². The van der Waals surface area contributed by atoms with Gasteiger partial charge in [0.1, 0.15) is 6.10 Å². The minimum absolute atomic E-state index is 0.418. The largest absolute Gasteiger partial charge is 0.375 e. The maximum atomic E-state index is 6.02. The van der Waals surface area contributed by atoms with Crippen LogP contribution in [0.1, 0.15) is 96.8 Å². The van der Waals surface area contributed by atoms with Crippen molar-refractivity contribution < 1.29 is 9.47 Å². The number of epoxide rings is 1. The van der Waals surface area contributed by atoms with Crippen molar-refractivity contribution in [3.63, 3.8) is 0 Å². The van der Waals surface area contributed by atoms with E-state index in [1.54, 1.807) is 0 Å². The van der Waals surface area contributed by atoms with Crippen LogP contribution in [-0.4, -0.2) is 25.4 Å². The van der Waals surface area contributed by atoms with Gasteiger partial charge in [-0.05, 0) is 44.4 Å². The van der Waals surface area contributed by atoms with Gasteiger partial charge in [-0.3, -0.25) is 0 Å². The summed E-state index contributed by atoms with van der Waals surface area (Å²) in [6, 6.07) is 0. The third-order valence-corrected chi connectivity index (χ3v) is 5.75. The van der Waals surface area contributed by atoms with Crippen molar-refractivity contribution in [1.29, 1.82) is 0 Å². The first-order valence-electron chi connectivity index (χ1n) is 11.4. The lowest BCUT2D eigenvalue weighted by Gasteiger charge is -2.29. The molecule has 1 aliphatic heterocycles. The van der Waals surface area contributed by atoms with Crippen molar-refractivity contribution in [3.8, 4) is 0 Å². The van der Waals surface area contributed by atoms with E-state index < -0.39 is 0 Å². The van der Waals surface area contributed by atoms with Crippen molar-refractivity contribution in [2.45, 2.75) is 109 Å².